The Morgan fingerprint density at radius 3 is 2.95 bits per heavy atom. The van der Waals surface area contributed by atoms with Gasteiger partial charge in [0, 0.05) is 23.8 Å². The summed E-state index contributed by atoms with van der Waals surface area (Å²) in [6, 6.07) is 10.1. The summed E-state index contributed by atoms with van der Waals surface area (Å²) in [5.74, 6) is 0.866. The Kier molecular flexibility index (Phi) is 3.10. The Bertz CT molecular complexity index is 657. The lowest BCUT2D eigenvalue weighted by atomic mass is 10.2. The topological polar surface area (TPSA) is 55.6 Å². The third kappa shape index (κ3) is 2.54. The van der Waals surface area contributed by atoms with Gasteiger partial charge in [-0.2, -0.15) is 5.10 Å². The first-order valence-corrected chi connectivity index (χ1v) is 6.26. The normalized spacial score (nSPS) is 12.5. The minimum Gasteiger partial charge on any atom is -0.365 e. The molecule has 0 spiro atoms. The fraction of sp³-hybridized carbons (Fsp3) is 0.214. The summed E-state index contributed by atoms with van der Waals surface area (Å²) in [7, 11) is 0. The van der Waals surface area contributed by atoms with Gasteiger partial charge in [0.15, 0.2) is 0 Å². The van der Waals surface area contributed by atoms with E-state index in [0.717, 1.165) is 23.3 Å². The smallest absolute Gasteiger partial charge is 0.137 e. The lowest BCUT2D eigenvalue weighted by molar-refractivity contribution is 0.560. The molecule has 96 valence electrons. The first kappa shape index (κ1) is 11.6. The number of anilines is 1. The van der Waals surface area contributed by atoms with Crippen LogP contribution in [-0.4, -0.2) is 25.8 Å². The van der Waals surface area contributed by atoms with Crippen LogP contribution < -0.4 is 5.32 Å². The molecule has 0 aliphatic heterocycles. The fourth-order valence-corrected chi connectivity index (χ4v) is 2.09. The van der Waals surface area contributed by atoms with Crippen molar-refractivity contribution in [1.29, 1.82) is 0 Å². The van der Waals surface area contributed by atoms with Gasteiger partial charge < -0.3 is 5.32 Å². The number of nitrogens with one attached hydrogen (secondary N) is 1. The van der Waals surface area contributed by atoms with Crippen molar-refractivity contribution >= 4 is 16.7 Å². The highest BCUT2D eigenvalue weighted by molar-refractivity contribution is 5.88. The predicted octanol–water partition coefficient (Wildman–Crippen LogP) is 2.33. The van der Waals surface area contributed by atoms with Crippen LogP contribution in [0, 0.1) is 0 Å². The molecule has 5 heteroatoms. The molecular formula is C14H15N5. The highest BCUT2D eigenvalue weighted by atomic mass is 15.3. The quantitative estimate of drug-likeness (QED) is 0.775. The molecule has 3 rings (SSSR count). The molecule has 1 unspecified atom stereocenters. The molecule has 0 saturated heterocycles. The molecule has 0 amide bonds. The molecule has 0 saturated carbocycles. The number of fused-ring (bicyclic) bond motifs is 1. The van der Waals surface area contributed by atoms with Crippen molar-refractivity contribution in [2.45, 2.75) is 19.5 Å². The molecule has 0 radical (unpaired) electrons. The molecule has 1 atom stereocenters. The third-order valence-corrected chi connectivity index (χ3v) is 2.95. The molecule has 2 aromatic heterocycles. The van der Waals surface area contributed by atoms with Crippen LogP contribution in [0.15, 0.2) is 49.1 Å². The van der Waals surface area contributed by atoms with Crippen LogP contribution in [0.5, 0.6) is 0 Å². The van der Waals surface area contributed by atoms with E-state index in [1.165, 1.54) is 0 Å². The highest BCUT2D eigenvalue weighted by Gasteiger charge is 2.07. The van der Waals surface area contributed by atoms with Crippen LogP contribution >= 0.6 is 0 Å². The fourth-order valence-electron chi connectivity index (χ4n) is 2.09. The van der Waals surface area contributed by atoms with E-state index in [4.69, 9.17) is 0 Å². The van der Waals surface area contributed by atoms with Crippen molar-refractivity contribution in [2.75, 3.05) is 5.32 Å². The summed E-state index contributed by atoms with van der Waals surface area (Å²) in [6.07, 6.45) is 5.33. The van der Waals surface area contributed by atoms with Crippen molar-refractivity contribution < 1.29 is 0 Å². The Labute approximate surface area is 111 Å². The van der Waals surface area contributed by atoms with Gasteiger partial charge >= 0.3 is 0 Å². The first-order chi connectivity index (χ1) is 9.33. The number of hydrogen-bond donors (Lipinski definition) is 1. The molecule has 3 aromatic rings. The van der Waals surface area contributed by atoms with Gasteiger partial charge in [-0.15, -0.1) is 0 Å². The minimum absolute atomic E-state index is 0.234. The summed E-state index contributed by atoms with van der Waals surface area (Å²) in [5.41, 5.74) is 0.950. The summed E-state index contributed by atoms with van der Waals surface area (Å²) in [6.45, 7) is 2.91. The van der Waals surface area contributed by atoms with Crippen molar-refractivity contribution in [2.24, 2.45) is 0 Å². The third-order valence-electron chi connectivity index (χ3n) is 2.95. The van der Waals surface area contributed by atoms with Crippen LogP contribution in [0.1, 0.15) is 6.92 Å². The van der Waals surface area contributed by atoms with Gasteiger partial charge in [0.1, 0.15) is 12.1 Å². The van der Waals surface area contributed by atoms with Crippen LogP contribution in [0.2, 0.25) is 0 Å². The average molecular weight is 253 g/mol. The molecule has 5 nitrogen and oxygen atoms in total. The average Bonchev–Trinajstić information content (AvgIpc) is 2.92. The van der Waals surface area contributed by atoms with Crippen molar-refractivity contribution in [3.63, 3.8) is 0 Å². The lowest BCUT2D eigenvalue weighted by Crippen LogP contribution is -2.23. The molecule has 1 aromatic carbocycles. The Balaban J connectivity index is 1.81. The van der Waals surface area contributed by atoms with Gasteiger partial charge in [-0.1, -0.05) is 12.1 Å². The maximum atomic E-state index is 4.32. The summed E-state index contributed by atoms with van der Waals surface area (Å²) < 4.78 is 1.90. The van der Waals surface area contributed by atoms with Gasteiger partial charge in [-0.05, 0) is 25.1 Å². The molecule has 0 aliphatic rings. The number of benzene rings is 1. The van der Waals surface area contributed by atoms with Crippen LogP contribution in [-0.2, 0) is 6.54 Å². The van der Waals surface area contributed by atoms with Gasteiger partial charge in [-0.3, -0.25) is 4.68 Å². The number of hydrogen-bond acceptors (Lipinski definition) is 4. The number of aromatic nitrogens is 4. The Morgan fingerprint density at radius 1 is 1.21 bits per heavy atom. The molecule has 1 N–H and O–H groups in total. The monoisotopic (exact) mass is 253 g/mol. The highest BCUT2D eigenvalue weighted by Crippen LogP contribution is 2.19. The van der Waals surface area contributed by atoms with Crippen LogP contribution in [0.3, 0.4) is 0 Å². The second-order valence-electron chi connectivity index (χ2n) is 4.51. The van der Waals surface area contributed by atoms with E-state index in [2.05, 4.69) is 27.3 Å². The van der Waals surface area contributed by atoms with Crippen molar-refractivity contribution in [3.05, 3.63) is 49.1 Å². The SMILES string of the molecule is CC(Cn1cccn1)Nc1ncnc2ccccc12. The summed E-state index contributed by atoms with van der Waals surface area (Å²) in [4.78, 5) is 8.58. The van der Waals surface area contributed by atoms with Gasteiger partial charge in [0.05, 0.1) is 12.1 Å². The second kappa shape index (κ2) is 5.06. The number of rotatable bonds is 4. The maximum Gasteiger partial charge on any atom is 0.137 e. The largest absolute Gasteiger partial charge is 0.365 e. The second-order valence-corrected chi connectivity index (χ2v) is 4.51. The maximum absolute atomic E-state index is 4.32. The lowest BCUT2D eigenvalue weighted by Gasteiger charge is -2.15. The van der Waals surface area contributed by atoms with Gasteiger partial charge in [0.2, 0.25) is 0 Å². The van der Waals surface area contributed by atoms with Gasteiger partial charge in [0.25, 0.3) is 0 Å². The number of nitrogens with zero attached hydrogens (tertiary/aromatic N) is 4. The Morgan fingerprint density at radius 2 is 2.11 bits per heavy atom. The zero-order valence-electron chi connectivity index (χ0n) is 10.7. The molecule has 19 heavy (non-hydrogen) atoms. The van der Waals surface area contributed by atoms with E-state index in [0.29, 0.717) is 0 Å². The molecule has 0 bridgehead atoms. The molecule has 0 fully saturated rings. The minimum atomic E-state index is 0.234. The van der Waals surface area contributed by atoms with E-state index >= 15 is 0 Å². The predicted molar refractivity (Wildman–Crippen MR) is 74.8 cm³/mol. The van der Waals surface area contributed by atoms with Crippen LogP contribution in [0.4, 0.5) is 5.82 Å². The van der Waals surface area contributed by atoms with E-state index in [1.54, 1.807) is 12.5 Å². The van der Waals surface area contributed by atoms with Crippen molar-refractivity contribution in [3.8, 4) is 0 Å². The zero-order valence-corrected chi connectivity index (χ0v) is 10.7. The summed E-state index contributed by atoms with van der Waals surface area (Å²) >= 11 is 0. The van der Waals surface area contributed by atoms with E-state index in [-0.39, 0.29) is 6.04 Å². The standard InChI is InChI=1S/C14H15N5/c1-11(9-19-8-4-7-17-19)18-14-12-5-2-3-6-13(12)15-10-16-14/h2-8,10-11H,9H2,1H3,(H,15,16,18). The first-order valence-electron chi connectivity index (χ1n) is 6.26. The van der Waals surface area contributed by atoms with Crippen molar-refractivity contribution in [1.82, 2.24) is 19.7 Å². The van der Waals surface area contributed by atoms with Crippen LogP contribution in [0.25, 0.3) is 10.9 Å². The van der Waals surface area contributed by atoms with E-state index < -0.39 is 0 Å². The number of para-hydroxylation sites is 1. The Hall–Kier alpha value is -2.43. The summed E-state index contributed by atoms with van der Waals surface area (Å²) in [5, 5.41) is 8.65. The molecule has 0 aliphatic carbocycles. The zero-order chi connectivity index (χ0) is 13.1. The van der Waals surface area contributed by atoms with E-state index in [9.17, 15) is 0 Å². The molecule has 2 heterocycles. The van der Waals surface area contributed by atoms with E-state index in [1.807, 2.05) is 41.2 Å². The molecular weight excluding hydrogens is 238 g/mol. The van der Waals surface area contributed by atoms with Gasteiger partial charge in [-0.25, -0.2) is 9.97 Å².